The molecule has 2 nitrogen and oxygen atoms in total. The van der Waals surface area contributed by atoms with Crippen molar-refractivity contribution in [2.75, 3.05) is 13.2 Å². The van der Waals surface area contributed by atoms with Gasteiger partial charge in [-0.05, 0) is 40.4 Å². The minimum absolute atomic E-state index is 0.442. The van der Waals surface area contributed by atoms with Crippen LogP contribution in [0.25, 0.3) is 0 Å². The molecule has 0 unspecified atom stereocenters. The summed E-state index contributed by atoms with van der Waals surface area (Å²) >= 11 is 15.4. The average molecular weight is 351 g/mol. The van der Waals surface area contributed by atoms with E-state index in [2.05, 4.69) is 27.8 Å². The van der Waals surface area contributed by atoms with Gasteiger partial charge < -0.3 is 10.1 Å². The Kier molecular flexibility index (Phi) is 4.96. The van der Waals surface area contributed by atoms with Crippen molar-refractivity contribution in [1.29, 1.82) is 0 Å². The maximum absolute atomic E-state index is 6.06. The first kappa shape index (κ1) is 14.2. The standard InChI is InChI=1S/C13H14BrCl2NO/c1-8(6-17-9-2-3-9)7-18-13-5-11(15)10(14)4-12(13)16/h4-5,9,17H,1-3,6-7H2. The molecule has 0 aromatic heterocycles. The summed E-state index contributed by atoms with van der Waals surface area (Å²) in [7, 11) is 0. The number of hydrogen-bond donors (Lipinski definition) is 1. The lowest BCUT2D eigenvalue weighted by Crippen LogP contribution is -2.21. The van der Waals surface area contributed by atoms with E-state index in [-0.39, 0.29) is 0 Å². The lowest BCUT2D eigenvalue weighted by Gasteiger charge is -2.11. The SMILES string of the molecule is C=C(CNC1CC1)COc1cc(Cl)c(Br)cc1Cl. The Hall–Kier alpha value is -0.220. The summed E-state index contributed by atoms with van der Waals surface area (Å²) in [5, 5.41) is 4.50. The number of benzene rings is 1. The van der Waals surface area contributed by atoms with E-state index in [4.69, 9.17) is 27.9 Å². The maximum atomic E-state index is 6.06. The average Bonchev–Trinajstić information content (AvgIpc) is 3.13. The molecule has 0 aliphatic heterocycles. The van der Waals surface area contributed by atoms with E-state index in [1.54, 1.807) is 12.1 Å². The summed E-state index contributed by atoms with van der Waals surface area (Å²) < 4.78 is 6.37. The Bertz CT molecular complexity index is 461. The van der Waals surface area contributed by atoms with Crippen molar-refractivity contribution in [2.45, 2.75) is 18.9 Å². The van der Waals surface area contributed by atoms with Crippen molar-refractivity contribution in [1.82, 2.24) is 5.32 Å². The molecule has 18 heavy (non-hydrogen) atoms. The first-order chi connectivity index (χ1) is 8.56. The van der Waals surface area contributed by atoms with Crippen LogP contribution in [0.5, 0.6) is 5.75 Å². The van der Waals surface area contributed by atoms with Crippen molar-refractivity contribution in [2.24, 2.45) is 0 Å². The minimum Gasteiger partial charge on any atom is -0.488 e. The van der Waals surface area contributed by atoms with Crippen LogP contribution in [0.4, 0.5) is 0 Å². The van der Waals surface area contributed by atoms with Gasteiger partial charge in [-0.3, -0.25) is 0 Å². The molecule has 2 rings (SSSR count). The molecule has 0 spiro atoms. The third-order valence-corrected chi connectivity index (χ3v) is 4.12. The third kappa shape index (κ3) is 4.16. The van der Waals surface area contributed by atoms with Crippen LogP contribution in [-0.4, -0.2) is 19.2 Å². The van der Waals surface area contributed by atoms with Crippen LogP contribution in [0.1, 0.15) is 12.8 Å². The fourth-order valence-corrected chi connectivity index (χ4v) is 2.27. The second-order valence-corrected chi connectivity index (χ2v) is 6.06. The highest BCUT2D eigenvalue weighted by atomic mass is 79.9. The van der Waals surface area contributed by atoms with Crippen LogP contribution in [0.2, 0.25) is 10.0 Å². The summed E-state index contributed by atoms with van der Waals surface area (Å²) in [6.45, 7) is 5.19. The van der Waals surface area contributed by atoms with Gasteiger partial charge in [0.2, 0.25) is 0 Å². The molecular formula is C13H14BrCl2NO. The van der Waals surface area contributed by atoms with Gasteiger partial charge in [0.15, 0.2) is 0 Å². The summed E-state index contributed by atoms with van der Waals surface area (Å²) in [5.74, 6) is 0.581. The molecule has 0 bridgehead atoms. The summed E-state index contributed by atoms with van der Waals surface area (Å²) in [4.78, 5) is 0. The van der Waals surface area contributed by atoms with Crippen LogP contribution in [0.3, 0.4) is 0 Å². The van der Waals surface area contributed by atoms with Gasteiger partial charge in [0.25, 0.3) is 0 Å². The third-order valence-electron chi connectivity index (χ3n) is 2.62. The highest BCUT2D eigenvalue weighted by Crippen LogP contribution is 2.34. The fraction of sp³-hybridized carbons (Fsp3) is 0.385. The van der Waals surface area contributed by atoms with Gasteiger partial charge in [-0.1, -0.05) is 29.8 Å². The van der Waals surface area contributed by atoms with Crippen LogP contribution >= 0.6 is 39.1 Å². The topological polar surface area (TPSA) is 21.3 Å². The van der Waals surface area contributed by atoms with Gasteiger partial charge in [0.05, 0.1) is 10.0 Å². The zero-order valence-electron chi connectivity index (χ0n) is 9.81. The number of rotatable bonds is 6. The van der Waals surface area contributed by atoms with E-state index >= 15 is 0 Å². The Labute approximate surface area is 125 Å². The van der Waals surface area contributed by atoms with Gasteiger partial charge in [0, 0.05) is 23.1 Å². The van der Waals surface area contributed by atoms with Gasteiger partial charge in [-0.15, -0.1) is 0 Å². The lowest BCUT2D eigenvalue weighted by atomic mass is 10.3. The van der Waals surface area contributed by atoms with Crippen LogP contribution in [0.15, 0.2) is 28.8 Å². The molecule has 0 heterocycles. The smallest absolute Gasteiger partial charge is 0.139 e. The molecule has 1 aromatic carbocycles. The van der Waals surface area contributed by atoms with E-state index in [0.29, 0.717) is 28.4 Å². The van der Waals surface area contributed by atoms with Crippen molar-refractivity contribution in [3.8, 4) is 5.75 Å². The molecular weight excluding hydrogens is 337 g/mol. The second-order valence-electron chi connectivity index (χ2n) is 4.39. The van der Waals surface area contributed by atoms with E-state index in [9.17, 15) is 0 Å². The van der Waals surface area contributed by atoms with E-state index in [1.807, 2.05) is 0 Å². The molecule has 98 valence electrons. The molecule has 0 saturated heterocycles. The van der Waals surface area contributed by atoms with Gasteiger partial charge in [-0.25, -0.2) is 0 Å². The summed E-state index contributed by atoms with van der Waals surface area (Å²) in [6.07, 6.45) is 2.53. The number of ether oxygens (including phenoxy) is 1. The Balaban J connectivity index is 1.84. The van der Waals surface area contributed by atoms with Crippen molar-refractivity contribution >= 4 is 39.1 Å². The van der Waals surface area contributed by atoms with Crippen LogP contribution < -0.4 is 10.1 Å². The quantitative estimate of drug-likeness (QED) is 0.604. The van der Waals surface area contributed by atoms with Gasteiger partial charge >= 0.3 is 0 Å². The van der Waals surface area contributed by atoms with Gasteiger partial charge in [-0.2, -0.15) is 0 Å². The Morgan fingerprint density at radius 1 is 1.39 bits per heavy atom. The van der Waals surface area contributed by atoms with E-state index in [0.717, 1.165) is 16.6 Å². The molecule has 1 N–H and O–H groups in total. The first-order valence-corrected chi connectivity index (χ1v) is 7.28. The Morgan fingerprint density at radius 2 is 2.11 bits per heavy atom. The molecule has 1 aliphatic rings. The van der Waals surface area contributed by atoms with Crippen molar-refractivity contribution in [3.05, 3.63) is 38.8 Å². The second kappa shape index (κ2) is 6.29. The molecule has 5 heteroatoms. The van der Waals surface area contributed by atoms with Crippen LogP contribution in [-0.2, 0) is 0 Å². The zero-order chi connectivity index (χ0) is 13.1. The summed E-state index contributed by atoms with van der Waals surface area (Å²) in [6, 6.07) is 4.10. The highest BCUT2D eigenvalue weighted by molar-refractivity contribution is 9.10. The summed E-state index contributed by atoms with van der Waals surface area (Å²) in [5.41, 5.74) is 0.997. The zero-order valence-corrected chi connectivity index (χ0v) is 12.9. The first-order valence-electron chi connectivity index (χ1n) is 5.73. The van der Waals surface area contributed by atoms with Crippen molar-refractivity contribution < 1.29 is 4.74 Å². The lowest BCUT2D eigenvalue weighted by molar-refractivity contribution is 0.348. The predicted octanol–water partition coefficient (Wildman–Crippen LogP) is 4.44. The molecule has 1 aromatic rings. The molecule has 1 saturated carbocycles. The van der Waals surface area contributed by atoms with Gasteiger partial charge in [0.1, 0.15) is 12.4 Å². The molecule has 0 atom stereocenters. The molecule has 1 fully saturated rings. The molecule has 0 radical (unpaired) electrons. The Morgan fingerprint density at radius 3 is 2.78 bits per heavy atom. The van der Waals surface area contributed by atoms with Crippen molar-refractivity contribution in [3.63, 3.8) is 0 Å². The highest BCUT2D eigenvalue weighted by Gasteiger charge is 2.20. The number of nitrogens with one attached hydrogen (secondary N) is 1. The van der Waals surface area contributed by atoms with E-state index in [1.165, 1.54) is 12.8 Å². The molecule has 0 amide bonds. The molecule has 1 aliphatic carbocycles. The normalized spacial score (nSPS) is 14.6. The number of halogens is 3. The fourth-order valence-electron chi connectivity index (χ4n) is 1.42. The largest absolute Gasteiger partial charge is 0.488 e. The monoisotopic (exact) mass is 349 g/mol. The van der Waals surface area contributed by atoms with Crippen LogP contribution in [0, 0.1) is 0 Å². The minimum atomic E-state index is 0.442. The number of hydrogen-bond acceptors (Lipinski definition) is 2. The predicted molar refractivity (Wildman–Crippen MR) is 79.8 cm³/mol. The maximum Gasteiger partial charge on any atom is 0.139 e. The van der Waals surface area contributed by atoms with E-state index < -0.39 is 0 Å².